The Balaban J connectivity index is 2.18. The highest BCUT2D eigenvalue weighted by molar-refractivity contribution is 9.10. The molecule has 0 atom stereocenters. The molecule has 2 rings (SSSR count). The molecule has 92 valence electrons. The van der Waals surface area contributed by atoms with Gasteiger partial charge in [-0.05, 0) is 46.6 Å². The number of amides is 1. The van der Waals surface area contributed by atoms with Crippen LogP contribution in [0.2, 0.25) is 0 Å². The Morgan fingerprint density at radius 3 is 2.83 bits per heavy atom. The van der Waals surface area contributed by atoms with Crippen LogP contribution in [0.1, 0.15) is 15.9 Å². The van der Waals surface area contributed by atoms with E-state index in [-0.39, 0.29) is 5.91 Å². The van der Waals surface area contributed by atoms with E-state index in [9.17, 15) is 4.79 Å². The molecule has 0 saturated heterocycles. The van der Waals surface area contributed by atoms with E-state index in [2.05, 4.69) is 31.2 Å². The van der Waals surface area contributed by atoms with E-state index in [0.29, 0.717) is 17.2 Å². The first kappa shape index (κ1) is 12.5. The predicted octanol–water partition coefficient (Wildman–Crippen LogP) is 2.38. The van der Waals surface area contributed by atoms with Gasteiger partial charge in [0, 0.05) is 22.4 Å². The van der Waals surface area contributed by atoms with E-state index in [1.807, 2.05) is 6.92 Å². The molecule has 0 bridgehead atoms. The minimum atomic E-state index is -0.265. The van der Waals surface area contributed by atoms with Crippen LogP contribution in [0.5, 0.6) is 0 Å². The normalized spacial score (nSPS) is 10.1. The summed E-state index contributed by atoms with van der Waals surface area (Å²) in [6.45, 7) is 1.92. The summed E-state index contributed by atoms with van der Waals surface area (Å²) < 4.78 is 0.897. The number of nitrogens with one attached hydrogen (secondary N) is 1. The molecule has 2 aromatic heterocycles. The first-order valence-corrected chi connectivity index (χ1v) is 6.00. The third-order valence-corrected chi connectivity index (χ3v) is 3.16. The van der Waals surface area contributed by atoms with Crippen molar-refractivity contribution >= 4 is 33.5 Å². The van der Waals surface area contributed by atoms with Crippen LogP contribution in [0.4, 0.5) is 11.6 Å². The molecule has 18 heavy (non-hydrogen) atoms. The molecule has 6 heteroatoms. The Morgan fingerprint density at radius 2 is 2.17 bits per heavy atom. The molecule has 0 fully saturated rings. The van der Waals surface area contributed by atoms with Crippen LogP contribution in [0.3, 0.4) is 0 Å². The second kappa shape index (κ2) is 5.14. The number of halogens is 1. The van der Waals surface area contributed by atoms with Crippen molar-refractivity contribution in [3.8, 4) is 0 Å². The van der Waals surface area contributed by atoms with Gasteiger partial charge in [-0.1, -0.05) is 0 Å². The second-order valence-electron chi connectivity index (χ2n) is 3.74. The summed E-state index contributed by atoms with van der Waals surface area (Å²) in [5.74, 6) is 0.539. The molecule has 0 saturated carbocycles. The van der Waals surface area contributed by atoms with Crippen LogP contribution >= 0.6 is 15.9 Å². The molecular formula is C12H11BrN4O. The summed E-state index contributed by atoms with van der Waals surface area (Å²) in [5, 5.41) is 2.70. The number of nitrogen functional groups attached to an aromatic ring is 1. The van der Waals surface area contributed by atoms with E-state index in [1.54, 1.807) is 18.3 Å². The molecule has 2 aromatic rings. The number of carbonyl (C=O) groups is 1. The van der Waals surface area contributed by atoms with E-state index >= 15 is 0 Å². The molecule has 1 amide bonds. The van der Waals surface area contributed by atoms with Crippen molar-refractivity contribution in [2.75, 3.05) is 11.1 Å². The third-order valence-electron chi connectivity index (χ3n) is 2.33. The number of carbonyl (C=O) groups excluding carboxylic acids is 1. The SMILES string of the molecule is Cc1cc(NC(=O)c2ccnc(N)c2)ncc1Br. The Kier molecular flexibility index (Phi) is 3.57. The first-order valence-electron chi connectivity index (χ1n) is 5.21. The maximum Gasteiger partial charge on any atom is 0.257 e. The van der Waals surface area contributed by atoms with Crippen molar-refractivity contribution < 1.29 is 4.79 Å². The van der Waals surface area contributed by atoms with Gasteiger partial charge in [0.25, 0.3) is 5.91 Å². The smallest absolute Gasteiger partial charge is 0.257 e. The van der Waals surface area contributed by atoms with Crippen LogP contribution in [0.25, 0.3) is 0 Å². The van der Waals surface area contributed by atoms with Gasteiger partial charge in [-0.15, -0.1) is 0 Å². The number of hydrogen-bond acceptors (Lipinski definition) is 4. The topological polar surface area (TPSA) is 80.9 Å². The average molecular weight is 307 g/mol. The van der Waals surface area contributed by atoms with Crippen LogP contribution in [-0.2, 0) is 0 Å². The fourth-order valence-corrected chi connectivity index (χ4v) is 1.60. The lowest BCUT2D eigenvalue weighted by atomic mass is 10.2. The zero-order valence-electron chi connectivity index (χ0n) is 9.64. The molecule has 0 aliphatic carbocycles. The van der Waals surface area contributed by atoms with Gasteiger partial charge in [0.2, 0.25) is 0 Å². The largest absolute Gasteiger partial charge is 0.384 e. The van der Waals surface area contributed by atoms with Crippen LogP contribution in [-0.4, -0.2) is 15.9 Å². The van der Waals surface area contributed by atoms with Crippen molar-refractivity contribution in [1.29, 1.82) is 0 Å². The number of nitrogens with two attached hydrogens (primary N) is 1. The van der Waals surface area contributed by atoms with Crippen molar-refractivity contribution in [3.05, 3.63) is 46.2 Å². The predicted molar refractivity (Wildman–Crippen MR) is 73.3 cm³/mol. The minimum absolute atomic E-state index is 0.265. The van der Waals surface area contributed by atoms with Crippen molar-refractivity contribution in [2.24, 2.45) is 0 Å². The molecule has 0 radical (unpaired) electrons. The molecule has 0 unspecified atom stereocenters. The summed E-state index contributed by atoms with van der Waals surface area (Å²) in [7, 11) is 0. The van der Waals surface area contributed by atoms with Gasteiger partial charge in [0.1, 0.15) is 11.6 Å². The fraction of sp³-hybridized carbons (Fsp3) is 0.0833. The average Bonchev–Trinajstić information content (AvgIpc) is 2.34. The van der Waals surface area contributed by atoms with Crippen LogP contribution < -0.4 is 11.1 Å². The molecular weight excluding hydrogens is 296 g/mol. The zero-order valence-corrected chi connectivity index (χ0v) is 11.2. The molecule has 0 spiro atoms. The number of rotatable bonds is 2. The molecule has 2 heterocycles. The number of nitrogens with zero attached hydrogens (tertiary/aromatic N) is 2. The molecule has 0 aliphatic heterocycles. The highest BCUT2D eigenvalue weighted by Gasteiger charge is 2.08. The quantitative estimate of drug-likeness (QED) is 0.892. The highest BCUT2D eigenvalue weighted by Crippen LogP contribution is 2.17. The Morgan fingerprint density at radius 1 is 1.39 bits per heavy atom. The first-order chi connectivity index (χ1) is 8.56. The molecule has 3 N–H and O–H groups in total. The fourth-order valence-electron chi connectivity index (χ4n) is 1.39. The van der Waals surface area contributed by atoms with Crippen molar-refractivity contribution in [3.63, 3.8) is 0 Å². The van der Waals surface area contributed by atoms with Gasteiger partial charge in [-0.2, -0.15) is 0 Å². The summed E-state index contributed by atoms with van der Waals surface area (Å²) in [5.41, 5.74) is 6.96. The maximum atomic E-state index is 11.9. The summed E-state index contributed by atoms with van der Waals surface area (Å²) in [6.07, 6.45) is 3.14. The summed E-state index contributed by atoms with van der Waals surface area (Å²) in [4.78, 5) is 19.8. The Bertz CT molecular complexity index is 600. The van der Waals surface area contributed by atoms with Gasteiger partial charge in [0.05, 0.1) is 0 Å². The van der Waals surface area contributed by atoms with Crippen molar-refractivity contribution in [1.82, 2.24) is 9.97 Å². The monoisotopic (exact) mass is 306 g/mol. The lowest BCUT2D eigenvalue weighted by Gasteiger charge is -2.06. The number of pyridine rings is 2. The lowest BCUT2D eigenvalue weighted by molar-refractivity contribution is 0.102. The van der Waals surface area contributed by atoms with Gasteiger partial charge in [0.15, 0.2) is 0 Å². The highest BCUT2D eigenvalue weighted by atomic mass is 79.9. The van der Waals surface area contributed by atoms with Gasteiger partial charge < -0.3 is 11.1 Å². The Labute approximate surface area is 113 Å². The summed E-state index contributed by atoms with van der Waals surface area (Å²) >= 11 is 3.35. The van der Waals surface area contributed by atoms with E-state index in [0.717, 1.165) is 10.0 Å². The minimum Gasteiger partial charge on any atom is -0.384 e. The molecule has 0 aliphatic rings. The second-order valence-corrected chi connectivity index (χ2v) is 4.60. The molecule has 0 aromatic carbocycles. The number of anilines is 2. The Hall–Kier alpha value is -1.95. The standard InChI is InChI=1S/C12H11BrN4O/c1-7-4-11(16-6-9(7)13)17-12(18)8-2-3-15-10(14)5-8/h2-6H,1H3,(H2,14,15)(H,16,17,18). The number of aryl methyl sites for hydroxylation is 1. The summed E-state index contributed by atoms with van der Waals surface area (Å²) in [6, 6.07) is 4.89. The lowest BCUT2D eigenvalue weighted by Crippen LogP contribution is -2.13. The third kappa shape index (κ3) is 2.84. The van der Waals surface area contributed by atoms with Crippen molar-refractivity contribution in [2.45, 2.75) is 6.92 Å². The maximum absolute atomic E-state index is 11.9. The van der Waals surface area contributed by atoms with Crippen LogP contribution in [0, 0.1) is 6.92 Å². The van der Waals surface area contributed by atoms with E-state index < -0.39 is 0 Å². The zero-order chi connectivity index (χ0) is 13.1. The van der Waals surface area contributed by atoms with Gasteiger partial charge in [-0.3, -0.25) is 4.79 Å². The van der Waals surface area contributed by atoms with E-state index in [1.165, 1.54) is 12.3 Å². The van der Waals surface area contributed by atoms with Gasteiger partial charge >= 0.3 is 0 Å². The molecule has 5 nitrogen and oxygen atoms in total. The van der Waals surface area contributed by atoms with Crippen LogP contribution in [0.15, 0.2) is 35.1 Å². The van der Waals surface area contributed by atoms with E-state index in [4.69, 9.17) is 5.73 Å². The number of aromatic nitrogens is 2. The van der Waals surface area contributed by atoms with Gasteiger partial charge in [-0.25, -0.2) is 9.97 Å². The number of hydrogen-bond donors (Lipinski definition) is 2.